The fourth-order valence-corrected chi connectivity index (χ4v) is 2.41. The van der Waals surface area contributed by atoms with Gasteiger partial charge in [-0.3, -0.25) is 9.78 Å². The zero-order chi connectivity index (χ0) is 16.2. The van der Waals surface area contributed by atoms with Crippen LogP contribution < -0.4 is 0 Å². The summed E-state index contributed by atoms with van der Waals surface area (Å²) in [5.74, 6) is -1.30. The number of benzene rings is 1. The second kappa shape index (κ2) is 6.42. The number of hydrogen-bond acceptors (Lipinski definition) is 4. The SMILES string of the molecule is N#C[C@H](C(=O)c1cnn(-c2ccccc2Cl)c1)c1ccccn1. The molecule has 2 heterocycles. The maximum Gasteiger partial charge on any atom is 0.189 e. The Kier molecular flexibility index (Phi) is 4.18. The molecule has 0 saturated heterocycles. The van der Waals surface area contributed by atoms with Crippen LogP contribution in [0.4, 0.5) is 0 Å². The third-order valence-corrected chi connectivity index (χ3v) is 3.66. The van der Waals surface area contributed by atoms with Crippen LogP contribution in [0.25, 0.3) is 5.69 Å². The Morgan fingerprint density at radius 2 is 2.00 bits per heavy atom. The molecule has 5 nitrogen and oxygen atoms in total. The molecule has 1 atom stereocenters. The van der Waals surface area contributed by atoms with E-state index in [9.17, 15) is 10.1 Å². The second-order valence-electron chi connectivity index (χ2n) is 4.81. The molecule has 0 N–H and O–H groups in total. The molecule has 0 radical (unpaired) electrons. The Labute approximate surface area is 137 Å². The molecule has 0 fully saturated rings. The van der Waals surface area contributed by atoms with Crippen molar-refractivity contribution in [2.45, 2.75) is 5.92 Å². The molecule has 3 aromatic rings. The van der Waals surface area contributed by atoms with Gasteiger partial charge in [0.15, 0.2) is 11.7 Å². The molecule has 0 amide bonds. The number of halogens is 1. The lowest BCUT2D eigenvalue weighted by Crippen LogP contribution is -2.12. The van der Waals surface area contributed by atoms with Crippen molar-refractivity contribution in [1.29, 1.82) is 5.26 Å². The van der Waals surface area contributed by atoms with Crippen LogP contribution in [0, 0.1) is 11.3 Å². The number of aromatic nitrogens is 3. The van der Waals surface area contributed by atoms with Crippen LogP contribution in [0.15, 0.2) is 61.1 Å². The van der Waals surface area contributed by atoms with Crippen molar-refractivity contribution in [2.75, 3.05) is 0 Å². The lowest BCUT2D eigenvalue weighted by Gasteiger charge is -2.05. The number of nitrogens with zero attached hydrogens (tertiary/aromatic N) is 4. The van der Waals surface area contributed by atoms with Crippen molar-refractivity contribution in [2.24, 2.45) is 0 Å². The minimum Gasteiger partial charge on any atom is -0.292 e. The first-order valence-corrected chi connectivity index (χ1v) is 7.23. The number of rotatable bonds is 4. The summed E-state index contributed by atoms with van der Waals surface area (Å²) >= 11 is 6.13. The first-order valence-electron chi connectivity index (χ1n) is 6.85. The maximum absolute atomic E-state index is 12.6. The number of carbonyl (C=O) groups is 1. The normalized spacial score (nSPS) is 11.7. The van der Waals surface area contributed by atoms with E-state index in [4.69, 9.17) is 11.6 Å². The summed E-state index contributed by atoms with van der Waals surface area (Å²) in [6, 6.07) is 14.3. The van der Waals surface area contributed by atoms with Crippen LogP contribution in [0.2, 0.25) is 5.02 Å². The van der Waals surface area contributed by atoms with Crippen molar-refractivity contribution >= 4 is 17.4 Å². The quantitative estimate of drug-likeness (QED) is 0.690. The molecular weight excluding hydrogens is 312 g/mol. The number of hydrogen-bond donors (Lipinski definition) is 0. The largest absolute Gasteiger partial charge is 0.292 e. The van der Waals surface area contributed by atoms with E-state index in [1.165, 1.54) is 10.9 Å². The predicted molar refractivity (Wildman–Crippen MR) is 85.5 cm³/mol. The van der Waals surface area contributed by atoms with Gasteiger partial charge >= 0.3 is 0 Å². The maximum atomic E-state index is 12.6. The van der Waals surface area contributed by atoms with Crippen LogP contribution in [-0.4, -0.2) is 20.5 Å². The highest BCUT2D eigenvalue weighted by atomic mass is 35.5. The summed E-state index contributed by atoms with van der Waals surface area (Å²) in [6.45, 7) is 0. The molecule has 23 heavy (non-hydrogen) atoms. The molecule has 0 aliphatic carbocycles. The Hall–Kier alpha value is -2.97. The van der Waals surface area contributed by atoms with Gasteiger partial charge in [0.25, 0.3) is 0 Å². The van der Waals surface area contributed by atoms with Gasteiger partial charge in [0.2, 0.25) is 0 Å². The van der Waals surface area contributed by atoms with Crippen molar-refractivity contribution < 1.29 is 4.79 Å². The molecule has 112 valence electrons. The third kappa shape index (κ3) is 2.98. The molecule has 6 heteroatoms. The Bertz CT molecular complexity index is 883. The van der Waals surface area contributed by atoms with Crippen molar-refractivity contribution in [1.82, 2.24) is 14.8 Å². The van der Waals surface area contributed by atoms with E-state index < -0.39 is 5.92 Å². The molecule has 0 aliphatic heterocycles. The molecule has 0 spiro atoms. The smallest absolute Gasteiger partial charge is 0.189 e. The van der Waals surface area contributed by atoms with Gasteiger partial charge in [-0.15, -0.1) is 0 Å². The minimum absolute atomic E-state index is 0.335. The van der Waals surface area contributed by atoms with E-state index in [1.54, 1.807) is 42.7 Å². The van der Waals surface area contributed by atoms with Crippen LogP contribution in [0.1, 0.15) is 22.0 Å². The highest BCUT2D eigenvalue weighted by Gasteiger charge is 2.24. The van der Waals surface area contributed by atoms with Gasteiger partial charge in [-0.2, -0.15) is 10.4 Å². The van der Waals surface area contributed by atoms with Gasteiger partial charge in [-0.1, -0.05) is 29.8 Å². The molecule has 1 aromatic carbocycles. The average molecular weight is 323 g/mol. The average Bonchev–Trinajstić information content (AvgIpc) is 3.06. The standard InChI is InChI=1S/C17H11ClN4O/c18-14-5-1-2-7-16(14)22-11-12(10-21-22)17(23)13(9-19)15-6-3-4-8-20-15/h1-8,10-11,13H/t13-/m0/s1. The van der Waals surface area contributed by atoms with Crippen LogP contribution in [0.3, 0.4) is 0 Å². The van der Waals surface area contributed by atoms with Gasteiger partial charge < -0.3 is 0 Å². The van der Waals surface area contributed by atoms with Crippen molar-refractivity contribution in [3.8, 4) is 11.8 Å². The molecule has 0 unspecified atom stereocenters. The molecular formula is C17H11ClN4O. The third-order valence-electron chi connectivity index (χ3n) is 3.34. The van der Waals surface area contributed by atoms with Gasteiger partial charge in [-0.25, -0.2) is 4.68 Å². The first-order chi connectivity index (χ1) is 11.2. The van der Waals surface area contributed by atoms with E-state index >= 15 is 0 Å². The van der Waals surface area contributed by atoms with Crippen molar-refractivity contribution in [3.05, 3.63) is 77.3 Å². The van der Waals surface area contributed by atoms with Crippen LogP contribution in [0.5, 0.6) is 0 Å². The topological polar surface area (TPSA) is 71.6 Å². The van der Waals surface area contributed by atoms with Crippen molar-refractivity contribution in [3.63, 3.8) is 0 Å². The summed E-state index contributed by atoms with van der Waals surface area (Å²) < 4.78 is 1.52. The van der Waals surface area contributed by atoms with E-state index in [0.29, 0.717) is 22.0 Å². The fourth-order valence-electron chi connectivity index (χ4n) is 2.19. The molecule has 2 aromatic heterocycles. The zero-order valence-electron chi connectivity index (χ0n) is 11.9. The number of Topliss-reactive ketones (excluding diaryl/α,β-unsaturated/α-hetero) is 1. The molecule has 0 aliphatic rings. The van der Waals surface area contributed by atoms with E-state index in [2.05, 4.69) is 10.1 Å². The second-order valence-corrected chi connectivity index (χ2v) is 5.21. The number of para-hydroxylation sites is 1. The van der Waals surface area contributed by atoms with Crippen LogP contribution in [-0.2, 0) is 0 Å². The lowest BCUT2D eigenvalue weighted by atomic mass is 9.97. The van der Waals surface area contributed by atoms with Crippen LogP contribution >= 0.6 is 11.6 Å². The van der Waals surface area contributed by atoms with Gasteiger partial charge in [0.05, 0.1) is 34.2 Å². The van der Waals surface area contributed by atoms with E-state index in [-0.39, 0.29) is 5.78 Å². The summed E-state index contributed by atoms with van der Waals surface area (Å²) in [5, 5.41) is 14.0. The van der Waals surface area contributed by atoms with Gasteiger partial charge in [0, 0.05) is 12.4 Å². The summed E-state index contributed by atoms with van der Waals surface area (Å²) in [5.41, 5.74) is 1.42. The summed E-state index contributed by atoms with van der Waals surface area (Å²) in [4.78, 5) is 16.6. The minimum atomic E-state index is -0.958. The molecule has 0 bridgehead atoms. The zero-order valence-corrected chi connectivity index (χ0v) is 12.7. The summed E-state index contributed by atoms with van der Waals surface area (Å²) in [7, 11) is 0. The number of carbonyl (C=O) groups excluding carboxylic acids is 1. The Balaban J connectivity index is 1.93. The first kappa shape index (κ1) is 14.9. The van der Waals surface area contributed by atoms with Gasteiger partial charge in [0.1, 0.15) is 0 Å². The molecule has 3 rings (SSSR count). The highest BCUT2D eigenvalue weighted by Crippen LogP contribution is 2.22. The van der Waals surface area contributed by atoms with E-state index in [1.807, 2.05) is 18.2 Å². The predicted octanol–water partition coefficient (Wildman–Crippen LogP) is 3.41. The Morgan fingerprint density at radius 3 is 2.70 bits per heavy atom. The summed E-state index contributed by atoms with van der Waals surface area (Å²) in [6.07, 6.45) is 4.55. The fraction of sp³-hybridized carbons (Fsp3) is 0.0588. The Morgan fingerprint density at radius 1 is 1.22 bits per heavy atom. The highest BCUT2D eigenvalue weighted by molar-refractivity contribution is 6.32. The molecule has 0 saturated carbocycles. The monoisotopic (exact) mass is 322 g/mol. The lowest BCUT2D eigenvalue weighted by molar-refractivity contribution is 0.0977. The van der Waals surface area contributed by atoms with Gasteiger partial charge in [-0.05, 0) is 24.3 Å². The van der Waals surface area contributed by atoms with E-state index in [0.717, 1.165) is 0 Å². The number of nitriles is 1. The number of ketones is 1. The number of pyridine rings is 1.